The van der Waals surface area contributed by atoms with Gasteiger partial charge in [-0.3, -0.25) is 4.79 Å². The predicted molar refractivity (Wildman–Crippen MR) is 169 cm³/mol. The third-order valence-corrected chi connectivity index (χ3v) is 7.91. The number of hydrogen-bond acceptors (Lipinski definition) is 4. The first-order chi connectivity index (χ1) is 19.7. The Morgan fingerprint density at radius 1 is 1.00 bits per heavy atom. The molecule has 0 aliphatic rings. The van der Waals surface area contributed by atoms with E-state index in [0.717, 1.165) is 17.9 Å². The van der Waals surface area contributed by atoms with Gasteiger partial charge in [0.15, 0.2) is 0 Å². The lowest BCUT2D eigenvalue weighted by molar-refractivity contribution is -0.118. The topological polar surface area (TPSA) is 75.3 Å². The number of nitrogens with zero attached hydrogens (tertiary/aromatic N) is 1. The Morgan fingerprint density at radius 3 is 2.46 bits per heavy atom. The molecular formula is C36H48N2O3. The second-order valence-electron chi connectivity index (χ2n) is 11.8. The van der Waals surface area contributed by atoms with E-state index in [1.54, 1.807) is 6.92 Å². The Hall–Kier alpha value is -3.36. The Labute approximate surface area is 247 Å². The molecule has 3 aromatic rings. The van der Waals surface area contributed by atoms with Gasteiger partial charge < -0.3 is 14.5 Å². The van der Waals surface area contributed by atoms with E-state index in [4.69, 9.17) is 9.15 Å². The molecule has 1 N–H and O–H groups in total. The van der Waals surface area contributed by atoms with Gasteiger partial charge in [0.05, 0.1) is 0 Å². The Morgan fingerprint density at radius 2 is 1.76 bits per heavy atom. The van der Waals surface area contributed by atoms with Crippen LogP contribution < -0.4 is 5.32 Å². The molecule has 2 aromatic carbocycles. The maximum absolute atomic E-state index is 13.0. The summed E-state index contributed by atoms with van der Waals surface area (Å²) in [7, 11) is 0. The summed E-state index contributed by atoms with van der Waals surface area (Å²) in [6, 6.07) is 18.9. The molecule has 1 atom stereocenters. The number of benzene rings is 2. The SMILES string of the molecule is CCCCC(CCC)CCc1ccc2cc(-c3ccc(/C(C)=C(\C#N)C(=O)NC(C)(C)CCOCC)o3)ccc2c1. The van der Waals surface area contributed by atoms with Crippen LogP contribution in [-0.4, -0.2) is 24.7 Å². The number of hydrogen-bond donors (Lipinski definition) is 1. The zero-order chi connectivity index (χ0) is 29.8. The smallest absolute Gasteiger partial charge is 0.262 e. The number of fused-ring (bicyclic) bond motifs is 1. The molecule has 41 heavy (non-hydrogen) atoms. The summed E-state index contributed by atoms with van der Waals surface area (Å²) >= 11 is 0. The van der Waals surface area contributed by atoms with Crippen molar-refractivity contribution >= 4 is 22.3 Å². The third kappa shape index (κ3) is 9.33. The molecule has 220 valence electrons. The highest BCUT2D eigenvalue weighted by Crippen LogP contribution is 2.31. The number of allylic oxidation sites excluding steroid dienone is 1. The Kier molecular flexibility index (Phi) is 12.2. The molecule has 1 amide bonds. The lowest BCUT2D eigenvalue weighted by Gasteiger charge is -2.26. The zero-order valence-electron chi connectivity index (χ0n) is 25.9. The molecule has 5 nitrogen and oxygen atoms in total. The fourth-order valence-electron chi connectivity index (χ4n) is 5.34. The highest BCUT2D eigenvalue weighted by molar-refractivity contribution is 6.04. The minimum absolute atomic E-state index is 0.0531. The van der Waals surface area contributed by atoms with E-state index in [0.29, 0.717) is 36.7 Å². The number of nitriles is 1. The lowest BCUT2D eigenvalue weighted by Crippen LogP contribution is -2.44. The van der Waals surface area contributed by atoms with E-state index in [-0.39, 0.29) is 5.57 Å². The first-order valence-electron chi connectivity index (χ1n) is 15.4. The van der Waals surface area contributed by atoms with Gasteiger partial charge in [-0.1, -0.05) is 76.3 Å². The number of ether oxygens (including phenoxy) is 1. The zero-order valence-corrected chi connectivity index (χ0v) is 25.9. The molecular weight excluding hydrogens is 508 g/mol. The number of carbonyl (C=O) groups is 1. The molecule has 1 unspecified atom stereocenters. The van der Waals surface area contributed by atoms with Crippen molar-refractivity contribution in [1.29, 1.82) is 5.26 Å². The highest BCUT2D eigenvalue weighted by Gasteiger charge is 2.24. The van der Waals surface area contributed by atoms with Crippen molar-refractivity contribution in [3.05, 3.63) is 65.4 Å². The fourth-order valence-corrected chi connectivity index (χ4v) is 5.34. The summed E-state index contributed by atoms with van der Waals surface area (Å²) < 4.78 is 11.6. The third-order valence-electron chi connectivity index (χ3n) is 7.91. The van der Waals surface area contributed by atoms with Crippen LogP contribution in [0.5, 0.6) is 0 Å². The maximum atomic E-state index is 13.0. The maximum Gasteiger partial charge on any atom is 0.262 e. The normalized spacial score (nSPS) is 13.1. The van der Waals surface area contributed by atoms with Gasteiger partial charge >= 0.3 is 0 Å². The predicted octanol–water partition coefficient (Wildman–Crippen LogP) is 9.26. The number of nitrogens with one attached hydrogen (secondary N) is 1. The van der Waals surface area contributed by atoms with Crippen molar-refractivity contribution in [2.24, 2.45) is 5.92 Å². The summed E-state index contributed by atoms with van der Waals surface area (Å²) in [6.07, 6.45) is 9.55. The molecule has 1 aromatic heterocycles. The average molecular weight is 557 g/mol. The van der Waals surface area contributed by atoms with Gasteiger partial charge in [-0.05, 0) is 87.4 Å². The van der Waals surface area contributed by atoms with Crippen LogP contribution in [-0.2, 0) is 16.0 Å². The molecule has 0 fully saturated rings. The summed E-state index contributed by atoms with van der Waals surface area (Å²) in [6.45, 7) is 13.3. The standard InChI is InChI=1S/C36H48N2O3/c1-7-10-12-27(11-8-2)13-14-28-15-16-30-24-31(18-17-29(30)23-28)34-20-19-33(41-34)26(4)32(25-37)35(39)38-36(5,6)21-22-40-9-3/h15-20,23-24,27H,7-14,21-22H2,1-6H3,(H,38,39)/b32-26+. The first kappa shape index (κ1) is 32.2. The number of rotatable bonds is 16. The van der Waals surface area contributed by atoms with Gasteiger partial charge in [0, 0.05) is 29.9 Å². The van der Waals surface area contributed by atoms with E-state index in [1.165, 1.54) is 54.9 Å². The van der Waals surface area contributed by atoms with Crippen molar-refractivity contribution in [3.63, 3.8) is 0 Å². The molecule has 0 radical (unpaired) electrons. The van der Waals surface area contributed by atoms with Gasteiger partial charge in [0.25, 0.3) is 5.91 Å². The van der Waals surface area contributed by atoms with Gasteiger partial charge in [-0.25, -0.2) is 0 Å². The number of amides is 1. The van der Waals surface area contributed by atoms with E-state index < -0.39 is 11.4 Å². The number of furan rings is 1. The largest absolute Gasteiger partial charge is 0.456 e. The minimum Gasteiger partial charge on any atom is -0.456 e. The van der Waals surface area contributed by atoms with Crippen LogP contribution in [0.2, 0.25) is 0 Å². The van der Waals surface area contributed by atoms with E-state index in [2.05, 4.69) is 61.6 Å². The van der Waals surface area contributed by atoms with Crippen molar-refractivity contribution in [1.82, 2.24) is 5.32 Å². The summed E-state index contributed by atoms with van der Waals surface area (Å²) in [5.74, 6) is 1.64. The molecule has 0 saturated heterocycles. The van der Waals surface area contributed by atoms with Gasteiger partial charge in [-0.15, -0.1) is 0 Å². The molecule has 0 aliphatic carbocycles. The second-order valence-corrected chi connectivity index (χ2v) is 11.8. The number of unbranched alkanes of at least 4 members (excludes halogenated alkanes) is 1. The van der Waals surface area contributed by atoms with Crippen LogP contribution in [0, 0.1) is 17.2 Å². The van der Waals surface area contributed by atoms with Crippen LogP contribution in [0.25, 0.3) is 27.7 Å². The summed E-state index contributed by atoms with van der Waals surface area (Å²) in [5, 5.41) is 15.2. The Balaban J connectivity index is 1.73. The van der Waals surface area contributed by atoms with Gasteiger partial charge in [0.1, 0.15) is 23.2 Å². The van der Waals surface area contributed by atoms with E-state index in [1.807, 2.05) is 32.9 Å². The molecule has 0 aliphatic heterocycles. The minimum atomic E-state index is -0.500. The fraction of sp³-hybridized carbons (Fsp3) is 0.500. The highest BCUT2D eigenvalue weighted by atomic mass is 16.5. The molecule has 3 rings (SSSR count). The number of carbonyl (C=O) groups excluding carboxylic acids is 1. The van der Waals surface area contributed by atoms with Crippen LogP contribution in [0.4, 0.5) is 0 Å². The van der Waals surface area contributed by atoms with Crippen molar-refractivity contribution in [2.75, 3.05) is 13.2 Å². The van der Waals surface area contributed by atoms with Crippen LogP contribution >= 0.6 is 0 Å². The average Bonchev–Trinajstić information content (AvgIpc) is 3.45. The monoisotopic (exact) mass is 556 g/mol. The second kappa shape index (κ2) is 15.6. The summed E-state index contributed by atoms with van der Waals surface area (Å²) in [5.41, 5.74) is 2.43. The molecule has 0 bridgehead atoms. The van der Waals surface area contributed by atoms with Crippen molar-refractivity contribution in [2.45, 2.75) is 98.4 Å². The van der Waals surface area contributed by atoms with Crippen molar-refractivity contribution < 1.29 is 13.9 Å². The van der Waals surface area contributed by atoms with E-state index in [9.17, 15) is 10.1 Å². The van der Waals surface area contributed by atoms with Gasteiger partial charge in [-0.2, -0.15) is 5.26 Å². The molecule has 1 heterocycles. The van der Waals surface area contributed by atoms with Crippen LogP contribution in [0.15, 0.2) is 58.5 Å². The quantitative estimate of drug-likeness (QED) is 0.108. The summed E-state index contributed by atoms with van der Waals surface area (Å²) in [4.78, 5) is 13.0. The van der Waals surface area contributed by atoms with E-state index >= 15 is 0 Å². The first-order valence-corrected chi connectivity index (χ1v) is 15.4. The molecule has 0 saturated carbocycles. The number of aryl methyl sites for hydroxylation is 1. The van der Waals surface area contributed by atoms with Gasteiger partial charge in [0.2, 0.25) is 0 Å². The lowest BCUT2D eigenvalue weighted by atomic mass is 9.90. The van der Waals surface area contributed by atoms with Crippen LogP contribution in [0.1, 0.15) is 97.8 Å². The molecule has 5 heteroatoms. The van der Waals surface area contributed by atoms with Crippen molar-refractivity contribution in [3.8, 4) is 17.4 Å². The molecule has 0 spiro atoms. The Bertz CT molecular complexity index is 1360. The van der Waals surface area contributed by atoms with Crippen LogP contribution in [0.3, 0.4) is 0 Å².